The molecule has 17 heavy (non-hydrogen) atoms. The van der Waals surface area contributed by atoms with Gasteiger partial charge in [-0.05, 0) is 32.7 Å². The van der Waals surface area contributed by atoms with E-state index in [2.05, 4.69) is 27.3 Å². The Morgan fingerprint density at radius 2 is 2.00 bits per heavy atom. The number of hydrogen-bond acceptors (Lipinski definition) is 4. The Hall–Kier alpha value is -0.940. The molecule has 2 saturated heterocycles. The zero-order chi connectivity index (χ0) is 11.8. The minimum Gasteiger partial charge on any atom is -0.307 e. The van der Waals surface area contributed by atoms with Crippen LogP contribution in [0.4, 0.5) is 0 Å². The summed E-state index contributed by atoms with van der Waals surface area (Å²) in [7, 11) is 4.19. The van der Waals surface area contributed by atoms with Crippen molar-refractivity contribution in [2.75, 3.05) is 7.05 Å². The predicted octanol–water partition coefficient (Wildman–Crippen LogP) is 0.530. The standard InChI is InChI=1S/C12H21N5/c1-16-8-14-12(15-16)7-13-9-5-10-3-4-11(6-9)17(10)2/h8-11,13H,3-7H2,1-2H3. The van der Waals surface area contributed by atoms with Crippen molar-refractivity contribution in [1.82, 2.24) is 25.0 Å². The molecule has 2 aliphatic heterocycles. The van der Waals surface area contributed by atoms with Gasteiger partial charge >= 0.3 is 0 Å². The fourth-order valence-corrected chi connectivity index (χ4v) is 3.28. The quantitative estimate of drug-likeness (QED) is 0.830. The number of piperidine rings is 1. The van der Waals surface area contributed by atoms with E-state index in [1.165, 1.54) is 25.7 Å². The maximum Gasteiger partial charge on any atom is 0.164 e. The fraction of sp³-hybridized carbons (Fsp3) is 0.833. The van der Waals surface area contributed by atoms with E-state index >= 15 is 0 Å². The van der Waals surface area contributed by atoms with Crippen LogP contribution in [0.3, 0.4) is 0 Å². The van der Waals surface area contributed by atoms with E-state index in [1.54, 1.807) is 11.0 Å². The zero-order valence-corrected chi connectivity index (χ0v) is 10.6. The number of rotatable bonds is 3. The van der Waals surface area contributed by atoms with Gasteiger partial charge in [0.05, 0.1) is 6.54 Å². The number of nitrogens with zero attached hydrogens (tertiary/aromatic N) is 4. The Balaban J connectivity index is 1.54. The second-order valence-corrected chi connectivity index (χ2v) is 5.43. The first-order valence-electron chi connectivity index (χ1n) is 6.52. The van der Waals surface area contributed by atoms with Gasteiger partial charge in [0, 0.05) is 25.2 Å². The Labute approximate surface area is 102 Å². The molecule has 2 fully saturated rings. The van der Waals surface area contributed by atoms with E-state index in [-0.39, 0.29) is 0 Å². The first-order chi connectivity index (χ1) is 8.22. The minimum atomic E-state index is 0.646. The van der Waals surface area contributed by atoms with Crippen LogP contribution in [0, 0.1) is 0 Å². The average molecular weight is 235 g/mol. The summed E-state index contributed by atoms with van der Waals surface area (Å²) in [5.41, 5.74) is 0. The van der Waals surface area contributed by atoms with Crippen LogP contribution in [0.2, 0.25) is 0 Å². The molecule has 2 unspecified atom stereocenters. The summed E-state index contributed by atoms with van der Waals surface area (Å²) < 4.78 is 1.76. The van der Waals surface area contributed by atoms with Gasteiger partial charge in [-0.15, -0.1) is 0 Å². The van der Waals surface area contributed by atoms with E-state index in [0.717, 1.165) is 24.5 Å². The van der Waals surface area contributed by atoms with Gasteiger partial charge in [0.25, 0.3) is 0 Å². The van der Waals surface area contributed by atoms with Gasteiger partial charge in [0.1, 0.15) is 6.33 Å². The monoisotopic (exact) mass is 235 g/mol. The lowest BCUT2D eigenvalue weighted by Gasteiger charge is -2.36. The topological polar surface area (TPSA) is 46.0 Å². The van der Waals surface area contributed by atoms with Gasteiger partial charge in [-0.1, -0.05) is 0 Å². The molecule has 3 rings (SSSR count). The van der Waals surface area contributed by atoms with E-state index in [1.807, 2.05) is 7.05 Å². The van der Waals surface area contributed by atoms with Gasteiger partial charge in [0.2, 0.25) is 0 Å². The smallest absolute Gasteiger partial charge is 0.164 e. The number of nitrogens with one attached hydrogen (secondary N) is 1. The van der Waals surface area contributed by atoms with Crippen LogP contribution in [-0.2, 0) is 13.6 Å². The molecular weight excluding hydrogens is 214 g/mol. The van der Waals surface area contributed by atoms with Crippen molar-refractivity contribution >= 4 is 0 Å². The third-order valence-electron chi connectivity index (χ3n) is 4.29. The lowest BCUT2D eigenvalue weighted by molar-refractivity contribution is 0.148. The molecule has 0 aromatic carbocycles. The SMILES string of the molecule is CN1C2CCC1CC(NCc1ncn(C)n1)C2. The predicted molar refractivity (Wildman–Crippen MR) is 65.4 cm³/mol. The summed E-state index contributed by atoms with van der Waals surface area (Å²) in [5.74, 6) is 0.902. The highest BCUT2D eigenvalue weighted by molar-refractivity contribution is 4.96. The zero-order valence-electron chi connectivity index (χ0n) is 10.6. The van der Waals surface area contributed by atoms with Crippen molar-refractivity contribution < 1.29 is 0 Å². The molecule has 1 N–H and O–H groups in total. The molecule has 0 spiro atoms. The van der Waals surface area contributed by atoms with E-state index < -0.39 is 0 Å². The van der Waals surface area contributed by atoms with Gasteiger partial charge in [0.15, 0.2) is 5.82 Å². The summed E-state index contributed by atoms with van der Waals surface area (Å²) in [4.78, 5) is 6.81. The van der Waals surface area contributed by atoms with Gasteiger partial charge < -0.3 is 10.2 Å². The maximum atomic E-state index is 4.30. The summed E-state index contributed by atoms with van der Waals surface area (Å²) in [6.07, 6.45) is 7.07. The molecule has 2 aliphatic rings. The average Bonchev–Trinajstić information content (AvgIpc) is 2.78. The van der Waals surface area contributed by atoms with Crippen LogP contribution in [0.1, 0.15) is 31.5 Å². The molecule has 5 heteroatoms. The number of hydrogen-bond donors (Lipinski definition) is 1. The van der Waals surface area contributed by atoms with Gasteiger partial charge in [-0.25, -0.2) is 4.98 Å². The van der Waals surface area contributed by atoms with Crippen LogP contribution in [-0.4, -0.2) is 44.8 Å². The fourth-order valence-electron chi connectivity index (χ4n) is 3.28. The van der Waals surface area contributed by atoms with Crippen LogP contribution >= 0.6 is 0 Å². The normalized spacial score (nSPS) is 33.2. The van der Waals surface area contributed by atoms with Crippen molar-refractivity contribution in [3.63, 3.8) is 0 Å². The van der Waals surface area contributed by atoms with Crippen molar-refractivity contribution in [2.24, 2.45) is 7.05 Å². The molecule has 0 saturated carbocycles. The Bertz CT molecular complexity index is 374. The van der Waals surface area contributed by atoms with E-state index in [0.29, 0.717) is 6.04 Å². The Kier molecular flexibility index (Phi) is 2.88. The molecule has 3 heterocycles. The van der Waals surface area contributed by atoms with E-state index in [4.69, 9.17) is 0 Å². The second kappa shape index (κ2) is 4.38. The Morgan fingerprint density at radius 3 is 2.59 bits per heavy atom. The Morgan fingerprint density at radius 1 is 1.29 bits per heavy atom. The summed E-state index contributed by atoms with van der Waals surface area (Å²) in [6.45, 7) is 0.800. The number of fused-ring (bicyclic) bond motifs is 2. The summed E-state index contributed by atoms with van der Waals surface area (Å²) in [5, 5.41) is 7.90. The third-order valence-corrected chi connectivity index (χ3v) is 4.29. The molecule has 2 atom stereocenters. The molecule has 0 radical (unpaired) electrons. The third kappa shape index (κ3) is 2.21. The molecule has 5 nitrogen and oxygen atoms in total. The van der Waals surface area contributed by atoms with Crippen LogP contribution < -0.4 is 5.32 Å². The molecule has 94 valence electrons. The first-order valence-corrected chi connectivity index (χ1v) is 6.52. The summed E-state index contributed by atoms with van der Waals surface area (Å²) >= 11 is 0. The van der Waals surface area contributed by atoms with Crippen LogP contribution in [0.5, 0.6) is 0 Å². The molecule has 0 aliphatic carbocycles. The van der Waals surface area contributed by atoms with E-state index in [9.17, 15) is 0 Å². The first kappa shape index (κ1) is 11.2. The molecular formula is C12H21N5. The lowest BCUT2D eigenvalue weighted by atomic mass is 9.98. The highest BCUT2D eigenvalue weighted by Crippen LogP contribution is 2.34. The number of aromatic nitrogens is 3. The second-order valence-electron chi connectivity index (χ2n) is 5.43. The van der Waals surface area contributed by atoms with Crippen LogP contribution in [0.25, 0.3) is 0 Å². The maximum absolute atomic E-state index is 4.30. The van der Waals surface area contributed by atoms with Crippen LogP contribution in [0.15, 0.2) is 6.33 Å². The highest BCUT2D eigenvalue weighted by atomic mass is 15.3. The van der Waals surface area contributed by atoms with Crippen molar-refractivity contribution in [2.45, 2.75) is 50.4 Å². The number of aryl methyl sites for hydroxylation is 1. The van der Waals surface area contributed by atoms with Crippen molar-refractivity contribution in [3.05, 3.63) is 12.2 Å². The lowest BCUT2D eigenvalue weighted by Crippen LogP contribution is -2.47. The largest absolute Gasteiger partial charge is 0.307 e. The van der Waals surface area contributed by atoms with Crippen molar-refractivity contribution in [1.29, 1.82) is 0 Å². The molecule has 0 amide bonds. The summed E-state index contributed by atoms with van der Waals surface area (Å²) in [6, 6.07) is 2.23. The van der Waals surface area contributed by atoms with Crippen molar-refractivity contribution in [3.8, 4) is 0 Å². The van der Waals surface area contributed by atoms with Gasteiger partial charge in [-0.2, -0.15) is 5.10 Å². The highest BCUT2D eigenvalue weighted by Gasteiger charge is 2.38. The molecule has 2 bridgehead atoms. The minimum absolute atomic E-state index is 0.646. The molecule has 1 aromatic rings. The molecule has 1 aromatic heterocycles. The van der Waals surface area contributed by atoms with Gasteiger partial charge in [-0.3, -0.25) is 4.68 Å².